The molecule has 300 valence electrons. The second kappa shape index (κ2) is 41.3. The zero-order chi connectivity index (χ0) is 37.3. The van der Waals surface area contributed by atoms with Gasteiger partial charge in [0.25, 0.3) is 0 Å². The van der Waals surface area contributed by atoms with Gasteiger partial charge < -0.3 is 20.6 Å². The van der Waals surface area contributed by atoms with Crippen LogP contribution in [0, 0.1) is 0 Å². The van der Waals surface area contributed by atoms with Crippen LogP contribution in [0.2, 0.25) is 0 Å². The zero-order valence-corrected chi connectivity index (χ0v) is 34.0. The molecule has 0 aromatic rings. The van der Waals surface area contributed by atoms with Crippen LogP contribution in [0.4, 0.5) is 0 Å². The molecule has 0 rings (SSSR count). The number of amides is 1. The Morgan fingerprint density at radius 3 is 1.20 bits per heavy atom. The molecule has 3 atom stereocenters. The number of nitrogens with one attached hydrogen (secondary N) is 1. The highest BCUT2D eigenvalue weighted by atomic mass is 16.3. The minimum Gasteiger partial charge on any atom is -0.394 e. The van der Waals surface area contributed by atoms with Crippen LogP contribution in [0.5, 0.6) is 0 Å². The highest BCUT2D eigenvalue weighted by Gasteiger charge is 2.22. The van der Waals surface area contributed by atoms with E-state index in [4.69, 9.17) is 0 Å². The molecule has 0 aromatic heterocycles. The van der Waals surface area contributed by atoms with E-state index >= 15 is 0 Å². The summed E-state index contributed by atoms with van der Waals surface area (Å²) in [5.41, 5.74) is 0. The van der Waals surface area contributed by atoms with Crippen LogP contribution < -0.4 is 5.32 Å². The Hall–Kier alpha value is -1.43. The van der Waals surface area contributed by atoms with Crippen molar-refractivity contribution >= 4 is 5.91 Å². The van der Waals surface area contributed by atoms with E-state index in [-0.39, 0.29) is 6.61 Å². The first-order valence-electron chi connectivity index (χ1n) is 22.3. The van der Waals surface area contributed by atoms with E-state index in [0.29, 0.717) is 6.42 Å². The lowest BCUT2D eigenvalue weighted by Gasteiger charge is -2.21. The molecule has 0 aliphatic rings. The number of carbonyl (C=O) groups is 1. The van der Waals surface area contributed by atoms with E-state index in [1.165, 1.54) is 167 Å². The van der Waals surface area contributed by atoms with Crippen molar-refractivity contribution in [3.8, 4) is 0 Å². The quantitative estimate of drug-likeness (QED) is 0.0375. The normalized spacial score (nSPS) is 13.9. The van der Waals surface area contributed by atoms with Crippen molar-refractivity contribution < 1.29 is 20.1 Å². The van der Waals surface area contributed by atoms with Crippen molar-refractivity contribution in [1.82, 2.24) is 5.32 Å². The van der Waals surface area contributed by atoms with Gasteiger partial charge in [0.05, 0.1) is 18.8 Å². The van der Waals surface area contributed by atoms with Crippen molar-refractivity contribution in [2.75, 3.05) is 6.61 Å². The van der Waals surface area contributed by atoms with E-state index in [1.807, 2.05) is 6.08 Å². The molecule has 0 bridgehead atoms. The van der Waals surface area contributed by atoms with Gasteiger partial charge in [0, 0.05) is 0 Å². The number of rotatable bonds is 40. The maximum absolute atomic E-state index is 12.5. The molecule has 0 saturated heterocycles. The number of aliphatic hydroxyl groups is 3. The summed E-state index contributed by atoms with van der Waals surface area (Å²) in [5.74, 6) is -0.517. The van der Waals surface area contributed by atoms with Crippen LogP contribution in [0.25, 0.3) is 0 Å². The molecule has 0 saturated carbocycles. The van der Waals surface area contributed by atoms with Gasteiger partial charge in [-0.1, -0.05) is 204 Å². The van der Waals surface area contributed by atoms with Gasteiger partial charge in [-0.3, -0.25) is 4.79 Å². The van der Waals surface area contributed by atoms with Gasteiger partial charge in [-0.15, -0.1) is 0 Å². The maximum atomic E-state index is 12.5. The fraction of sp³-hybridized carbons (Fsp3) is 0.848. The second-order valence-electron chi connectivity index (χ2n) is 15.2. The summed E-state index contributed by atoms with van der Waals surface area (Å²) < 4.78 is 0. The van der Waals surface area contributed by atoms with E-state index in [9.17, 15) is 20.1 Å². The van der Waals surface area contributed by atoms with Gasteiger partial charge in [0.1, 0.15) is 6.10 Å². The predicted octanol–water partition coefficient (Wildman–Crippen LogP) is 12.8. The number of carbonyl (C=O) groups excluding carboxylic acids is 1. The van der Waals surface area contributed by atoms with Gasteiger partial charge in [-0.25, -0.2) is 0 Å². The topological polar surface area (TPSA) is 89.8 Å². The van der Waals surface area contributed by atoms with Crippen LogP contribution in [-0.4, -0.2) is 46.1 Å². The average Bonchev–Trinajstić information content (AvgIpc) is 3.13. The molecule has 5 nitrogen and oxygen atoms in total. The van der Waals surface area contributed by atoms with Crippen molar-refractivity contribution in [1.29, 1.82) is 0 Å². The summed E-state index contributed by atoms with van der Waals surface area (Å²) >= 11 is 0. The molecule has 3 unspecified atom stereocenters. The summed E-state index contributed by atoms with van der Waals surface area (Å²) in [7, 11) is 0. The number of hydrogen-bond donors (Lipinski definition) is 4. The second-order valence-corrected chi connectivity index (χ2v) is 15.2. The fourth-order valence-electron chi connectivity index (χ4n) is 6.67. The van der Waals surface area contributed by atoms with Gasteiger partial charge in [0.2, 0.25) is 5.91 Å². The Balaban J connectivity index is 3.70. The molecule has 51 heavy (non-hydrogen) atoms. The average molecular weight is 718 g/mol. The van der Waals surface area contributed by atoms with E-state index in [2.05, 4.69) is 43.5 Å². The van der Waals surface area contributed by atoms with Gasteiger partial charge in [-0.05, 0) is 57.8 Å². The fourth-order valence-corrected chi connectivity index (χ4v) is 6.67. The number of aliphatic hydroxyl groups excluding tert-OH is 3. The molecular weight excluding hydrogens is 631 g/mol. The molecule has 5 heteroatoms. The standard InChI is InChI=1S/C46H87NO4/c1-3-5-7-9-11-13-15-17-19-20-21-22-23-24-25-27-29-31-33-35-37-39-41-45(50)46(51)47-43(42-48)44(49)40-38-36-34-32-30-28-26-18-16-14-12-10-8-6-4-2/h24-25,30,32,38,40,43-45,48-50H,3-23,26-29,31,33-37,39,41-42H2,1-2H3,(H,47,51)/b25-24-,32-30+,40-38+. The zero-order valence-electron chi connectivity index (χ0n) is 34.0. The Kier molecular flexibility index (Phi) is 40.2. The molecular formula is C46H87NO4. The van der Waals surface area contributed by atoms with E-state index in [1.54, 1.807) is 6.08 Å². The summed E-state index contributed by atoms with van der Waals surface area (Å²) in [6.07, 6.45) is 51.8. The summed E-state index contributed by atoms with van der Waals surface area (Å²) in [4.78, 5) is 12.5. The van der Waals surface area contributed by atoms with E-state index < -0.39 is 24.2 Å². The maximum Gasteiger partial charge on any atom is 0.249 e. The summed E-state index contributed by atoms with van der Waals surface area (Å²) in [5, 5.41) is 33.1. The van der Waals surface area contributed by atoms with Gasteiger partial charge >= 0.3 is 0 Å². The summed E-state index contributed by atoms with van der Waals surface area (Å²) in [6.45, 7) is 4.17. The Bertz CT molecular complexity index is 794. The summed E-state index contributed by atoms with van der Waals surface area (Å²) in [6, 6.07) is -0.816. The highest BCUT2D eigenvalue weighted by Crippen LogP contribution is 2.14. The Labute approximate surface area is 317 Å². The van der Waals surface area contributed by atoms with Gasteiger partial charge in [0.15, 0.2) is 0 Å². The molecule has 0 aromatic carbocycles. The van der Waals surface area contributed by atoms with E-state index in [0.717, 1.165) is 38.5 Å². The smallest absolute Gasteiger partial charge is 0.249 e. The van der Waals surface area contributed by atoms with Crippen molar-refractivity contribution in [2.45, 2.75) is 244 Å². The first-order valence-corrected chi connectivity index (χ1v) is 22.3. The highest BCUT2D eigenvalue weighted by molar-refractivity contribution is 5.80. The molecule has 0 fully saturated rings. The number of hydrogen-bond acceptors (Lipinski definition) is 4. The van der Waals surface area contributed by atoms with Crippen molar-refractivity contribution in [2.24, 2.45) is 0 Å². The molecule has 0 aliphatic heterocycles. The lowest BCUT2D eigenvalue weighted by Crippen LogP contribution is -2.48. The van der Waals surface area contributed by atoms with Crippen LogP contribution >= 0.6 is 0 Å². The molecule has 0 radical (unpaired) electrons. The largest absolute Gasteiger partial charge is 0.394 e. The molecule has 1 amide bonds. The first kappa shape index (κ1) is 49.6. The lowest BCUT2D eigenvalue weighted by molar-refractivity contribution is -0.131. The van der Waals surface area contributed by atoms with Crippen LogP contribution in [0.15, 0.2) is 36.5 Å². The monoisotopic (exact) mass is 718 g/mol. The molecule has 0 heterocycles. The minimum atomic E-state index is -1.11. The lowest BCUT2D eigenvalue weighted by atomic mass is 10.0. The molecule has 4 N–H and O–H groups in total. The Morgan fingerprint density at radius 2 is 0.804 bits per heavy atom. The van der Waals surface area contributed by atoms with Crippen LogP contribution in [0.3, 0.4) is 0 Å². The third-order valence-electron chi connectivity index (χ3n) is 10.2. The third kappa shape index (κ3) is 36.7. The van der Waals surface area contributed by atoms with Crippen LogP contribution in [-0.2, 0) is 4.79 Å². The first-order chi connectivity index (χ1) is 25.1. The molecule has 0 spiro atoms. The third-order valence-corrected chi connectivity index (χ3v) is 10.2. The van der Waals surface area contributed by atoms with Crippen LogP contribution in [0.1, 0.15) is 226 Å². The number of unbranched alkanes of at least 4 members (excludes halogenated alkanes) is 28. The number of allylic oxidation sites excluding steroid dienone is 5. The van der Waals surface area contributed by atoms with Gasteiger partial charge in [-0.2, -0.15) is 0 Å². The van der Waals surface area contributed by atoms with Crippen molar-refractivity contribution in [3.05, 3.63) is 36.5 Å². The predicted molar refractivity (Wildman–Crippen MR) is 222 cm³/mol. The van der Waals surface area contributed by atoms with Crippen molar-refractivity contribution in [3.63, 3.8) is 0 Å². The SMILES string of the molecule is CCCCCCCCCCC/C=C/CC/C=C/C(O)C(CO)NC(=O)C(O)CCCCCCCC/C=C\CCCCCCCCCCCCCC. The Morgan fingerprint density at radius 1 is 0.471 bits per heavy atom. The minimum absolute atomic E-state index is 0.378. The molecule has 0 aliphatic carbocycles.